The van der Waals surface area contributed by atoms with Crippen LogP contribution in [0.3, 0.4) is 0 Å². The van der Waals surface area contributed by atoms with Crippen molar-refractivity contribution in [3.8, 4) is 0 Å². The average molecular weight is 324 g/mol. The van der Waals surface area contributed by atoms with Gasteiger partial charge in [-0.15, -0.1) is 12.4 Å². The normalized spacial score (nSPS) is 17.4. The van der Waals surface area contributed by atoms with Gasteiger partial charge in [0.15, 0.2) is 0 Å². The molecule has 5 heteroatoms. The Morgan fingerprint density at radius 3 is 2.68 bits per heavy atom. The van der Waals surface area contributed by atoms with E-state index in [4.69, 9.17) is 4.98 Å². The quantitative estimate of drug-likeness (QED) is 0.888. The number of imidazole rings is 1. The standard InChI is InChI=1S/C17H25N3O.ClH/c1-2-20-15-9-5-4-8-14(15)19-16(20)12-18-13-17(21)10-6-3-7-11-17;/h4-5,8-9,18,21H,2-3,6-7,10-13H2,1H3;1H. The lowest BCUT2D eigenvalue weighted by atomic mass is 9.85. The molecule has 0 radical (unpaired) electrons. The van der Waals surface area contributed by atoms with E-state index in [1.807, 2.05) is 6.07 Å². The van der Waals surface area contributed by atoms with Crippen LogP contribution in [-0.2, 0) is 13.1 Å². The number of nitrogens with zero attached hydrogens (tertiary/aromatic N) is 2. The summed E-state index contributed by atoms with van der Waals surface area (Å²) in [6.45, 7) is 4.44. The van der Waals surface area contributed by atoms with Gasteiger partial charge in [0, 0.05) is 13.1 Å². The van der Waals surface area contributed by atoms with Crippen LogP contribution >= 0.6 is 12.4 Å². The van der Waals surface area contributed by atoms with Crippen molar-refractivity contribution >= 4 is 23.4 Å². The van der Waals surface area contributed by atoms with Gasteiger partial charge >= 0.3 is 0 Å². The van der Waals surface area contributed by atoms with E-state index in [2.05, 4.69) is 35.0 Å². The molecule has 0 unspecified atom stereocenters. The number of halogens is 1. The second kappa shape index (κ2) is 7.44. The summed E-state index contributed by atoms with van der Waals surface area (Å²) in [7, 11) is 0. The van der Waals surface area contributed by atoms with Crippen molar-refractivity contribution in [1.29, 1.82) is 0 Å². The second-order valence-electron chi connectivity index (χ2n) is 6.15. The van der Waals surface area contributed by atoms with Gasteiger partial charge in [-0.05, 0) is 31.9 Å². The summed E-state index contributed by atoms with van der Waals surface area (Å²) in [5.41, 5.74) is 1.72. The van der Waals surface area contributed by atoms with Crippen LogP contribution in [0.15, 0.2) is 24.3 Å². The van der Waals surface area contributed by atoms with Gasteiger partial charge in [0.05, 0.1) is 23.2 Å². The number of benzene rings is 1. The molecular weight excluding hydrogens is 298 g/mol. The lowest BCUT2D eigenvalue weighted by Crippen LogP contribution is -2.42. The third kappa shape index (κ3) is 3.62. The van der Waals surface area contributed by atoms with Crippen LogP contribution < -0.4 is 5.32 Å². The summed E-state index contributed by atoms with van der Waals surface area (Å²) < 4.78 is 2.24. The molecule has 2 N–H and O–H groups in total. The first-order chi connectivity index (χ1) is 10.2. The molecule has 22 heavy (non-hydrogen) atoms. The van der Waals surface area contributed by atoms with Gasteiger partial charge in [-0.1, -0.05) is 31.4 Å². The predicted molar refractivity (Wildman–Crippen MR) is 92.4 cm³/mol. The van der Waals surface area contributed by atoms with E-state index in [0.717, 1.165) is 43.6 Å². The molecule has 0 saturated heterocycles. The van der Waals surface area contributed by atoms with Crippen LogP contribution in [0.25, 0.3) is 11.0 Å². The highest BCUT2D eigenvalue weighted by molar-refractivity contribution is 5.85. The van der Waals surface area contributed by atoms with E-state index in [1.54, 1.807) is 0 Å². The van der Waals surface area contributed by atoms with E-state index in [-0.39, 0.29) is 12.4 Å². The average Bonchev–Trinajstić information content (AvgIpc) is 2.85. The molecule has 1 aromatic carbocycles. The van der Waals surface area contributed by atoms with E-state index >= 15 is 0 Å². The molecule has 0 spiro atoms. The highest BCUT2D eigenvalue weighted by Gasteiger charge is 2.28. The first kappa shape index (κ1) is 17.3. The Bertz CT molecular complexity index is 605. The van der Waals surface area contributed by atoms with Crippen molar-refractivity contribution in [2.45, 2.75) is 57.7 Å². The second-order valence-corrected chi connectivity index (χ2v) is 6.15. The molecule has 1 heterocycles. The van der Waals surface area contributed by atoms with Crippen LogP contribution in [0, 0.1) is 0 Å². The Morgan fingerprint density at radius 2 is 1.95 bits per heavy atom. The van der Waals surface area contributed by atoms with Crippen LogP contribution in [0.5, 0.6) is 0 Å². The number of para-hydroxylation sites is 2. The first-order valence-electron chi connectivity index (χ1n) is 8.09. The number of hydrogen-bond acceptors (Lipinski definition) is 3. The van der Waals surface area contributed by atoms with E-state index in [0.29, 0.717) is 13.1 Å². The van der Waals surface area contributed by atoms with Gasteiger partial charge in [-0.3, -0.25) is 0 Å². The van der Waals surface area contributed by atoms with Gasteiger partial charge in [-0.2, -0.15) is 0 Å². The minimum Gasteiger partial charge on any atom is -0.389 e. The highest BCUT2D eigenvalue weighted by Crippen LogP contribution is 2.27. The molecule has 4 nitrogen and oxygen atoms in total. The minimum atomic E-state index is -0.513. The smallest absolute Gasteiger partial charge is 0.123 e. The Labute approximate surface area is 138 Å². The molecule has 1 aliphatic carbocycles. The van der Waals surface area contributed by atoms with Crippen LogP contribution in [0.4, 0.5) is 0 Å². The molecule has 1 saturated carbocycles. The number of aliphatic hydroxyl groups is 1. The molecule has 0 bridgehead atoms. The van der Waals surface area contributed by atoms with E-state index < -0.39 is 5.60 Å². The Hall–Kier alpha value is -1.10. The number of aryl methyl sites for hydroxylation is 1. The predicted octanol–water partition coefficient (Wildman–Crippen LogP) is 3.26. The van der Waals surface area contributed by atoms with E-state index in [1.165, 1.54) is 11.9 Å². The van der Waals surface area contributed by atoms with Gasteiger partial charge in [0.1, 0.15) is 5.82 Å². The van der Waals surface area contributed by atoms with E-state index in [9.17, 15) is 5.11 Å². The van der Waals surface area contributed by atoms with Crippen molar-refractivity contribution in [2.75, 3.05) is 6.54 Å². The number of nitrogens with one attached hydrogen (secondary N) is 1. The van der Waals surface area contributed by atoms with Crippen LogP contribution in [-0.4, -0.2) is 26.8 Å². The fourth-order valence-corrected chi connectivity index (χ4v) is 3.41. The van der Waals surface area contributed by atoms with Gasteiger partial charge in [0.25, 0.3) is 0 Å². The largest absolute Gasteiger partial charge is 0.389 e. The molecule has 3 rings (SSSR count). The molecule has 1 aliphatic rings. The van der Waals surface area contributed by atoms with Crippen molar-refractivity contribution in [3.05, 3.63) is 30.1 Å². The summed E-state index contributed by atoms with van der Waals surface area (Å²) in [5, 5.41) is 13.9. The topological polar surface area (TPSA) is 50.1 Å². The highest BCUT2D eigenvalue weighted by atomic mass is 35.5. The third-order valence-corrected chi connectivity index (χ3v) is 4.57. The molecule has 0 atom stereocenters. The summed E-state index contributed by atoms with van der Waals surface area (Å²) in [5.74, 6) is 1.05. The number of hydrogen-bond donors (Lipinski definition) is 2. The van der Waals surface area contributed by atoms with Gasteiger partial charge in [-0.25, -0.2) is 4.98 Å². The van der Waals surface area contributed by atoms with Crippen molar-refractivity contribution < 1.29 is 5.11 Å². The zero-order valence-corrected chi connectivity index (χ0v) is 14.0. The van der Waals surface area contributed by atoms with Crippen LogP contribution in [0.2, 0.25) is 0 Å². The molecular formula is C17H26ClN3O. The first-order valence-corrected chi connectivity index (χ1v) is 8.09. The monoisotopic (exact) mass is 323 g/mol. The Balaban J connectivity index is 0.00000176. The zero-order valence-electron chi connectivity index (χ0n) is 13.2. The van der Waals surface area contributed by atoms with Crippen molar-refractivity contribution in [1.82, 2.24) is 14.9 Å². The SMILES string of the molecule is CCn1c(CNCC2(O)CCCCC2)nc2ccccc21.Cl. The fourth-order valence-electron chi connectivity index (χ4n) is 3.41. The molecule has 122 valence electrons. The number of fused-ring (bicyclic) bond motifs is 1. The Morgan fingerprint density at radius 1 is 1.23 bits per heavy atom. The maximum Gasteiger partial charge on any atom is 0.123 e. The van der Waals surface area contributed by atoms with Crippen LogP contribution in [0.1, 0.15) is 44.9 Å². The molecule has 1 fully saturated rings. The maximum absolute atomic E-state index is 10.5. The molecule has 0 aliphatic heterocycles. The third-order valence-electron chi connectivity index (χ3n) is 4.57. The van der Waals surface area contributed by atoms with Crippen molar-refractivity contribution in [2.24, 2.45) is 0 Å². The van der Waals surface area contributed by atoms with Gasteiger partial charge in [0.2, 0.25) is 0 Å². The summed E-state index contributed by atoms with van der Waals surface area (Å²) >= 11 is 0. The summed E-state index contributed by atoms with van der Waals surface area (Å²) in [4.78, 5) is 4.71. The summed E-state index contributed by atoms with van der Waals surface area (Å²) in [6, 6.07) is 8.25. The summed E-state index contributed by atoms with van der Waals surface area (Å²) in [6.07, 6.45) is 5.39. The number of rotatable bonds is 5. The zero-order chi connectivity index (χ0) is 14.7. The fraction of sp³-hybridized carbons (Fsp3) is 0.588. The molecule has 2 aromatic rings. The Kier molecular flexibility index (Phi) is 5.84. The lowest BCUT2D eigenvalue weighted by Gasteiger charge is -2.32. The molecule has 0 amide bonds. The van der Waals surface area contributed by atoms with Gasteiger partial charge < -0.3 is 15.0 Å². The lowest BCUT2D eigenvalue weighted by molar-refractivity contribution is 0.00451. The minimum absolute atomic E-state index is 0. The number of aromatic nitrogens is 2. The maximum atomic E-state index is 10.5. The van der Waals surface area contributed by atoms with Crippen molar-refractivity contribution in [3.63, 3.8) is 0 Å². The molecule has 1 aromatic heterocycles.